The second kappa shape index (κ2) is 6.71. The molecule has 0 radical (unpaired) electrons. The lowest BCUT2D eigenvalue weighted by atomic mass is 9.88. The number of carbonyl (C=O) groups excluding carboxylic acids is 2. The Morgan fingerprint density at radius 3 is 2.08 bits per heavy atom. The highest BCUT2D eigenvalue weighted by molar-refractivity contribution is 6.27. The van der Waals surface area contributed by atoms with Crippen molar-refractivity contribution in [3.8, 4) is 0 Å². The fraction of sp³-hybridized carbons (Fsp3) is 0.200. The van der Waals surface area contributed by atoms with E-state index in [1.165, 1.54) is 7.05 Å². The van der Waals surface area contributed by atoms with Gasteiger partial charge in [0.2, 0.25) is 0 Å². The van der Waals surface area contributed by atoms with E-state index in [0.717, 1.165) is 27.1 Å². The Bertz CT molecular complexity index is 826. The van der Waals surface area contributed by atoms with Gasteiger partial charge in [-0.05, 0) is 23.1 Å². The Kier molecular flexibility index (Phi) is 4.88. The molecule has 0 spiro atoms. The summed E-state index contributed by atoms with van der Waals surface area (Å²) < 4.78 is 0. The summed E-state index contributed by atoms with van der Waals surface area (Å²) in [7, 11) is 3.29. The molecule has 0 saturated carbocycles. The Hall–Kier alpha value is -2.88. The number of rotatable bonds is 3. The predicted octanol–water partition coefficient (Wildman–Crippen LogP) is 3.92. The van der Waals surface area contributed by atoms with Gasteiger partial charge >= 0.3 is 0 Å². The molecule has 0 unspecified atom stereocenters. The molecular weight excluding hydrogens is 300 g/mol. The van der Waals surface area contributed by atoms with Crippen molar-refractivity contribution in [3.05, 3.63) is 59.7 Å². The van der Waals surface area contributed by atoms with E-state index < -0.39 is 0 Å². The summed E-state index contributed by atoms with van der Waals surface area (Å²) in [4.78, 5) is 26.0. The maximum absolute atomic E-state index is 12.4. The van der Waals surface area contributed by atoms with Crippen LogP contribution in [0.25, 0.3) is 22.5 Å². The van der Waals surface area contributed by atoms with Crippen LogP contribution in [-0.2, 0) is 0 Å². The molecule has 2 aromatic carbocycles. The lowest BCUT2D eigenvalue weighted by molar-refractivity contribution is 0.0650. The first-order valence-corrected chi connectivity index (χ1v) is 7.92. The molecule has 124 valence electrons. The van der Waals surface area contributed by atoms with Crippen LogP contribution in [-0.4, -0.2) is 30.8 Å². The zero-order chi connectivity index (χ0) is 18.0. The molecule has 0 fully saturated rings. The number of nitrogens with one attached hydrogen (secondary N) is 1. The van der Waals surface area contributed by atoms with E-state index in [4.69, 9.17) is 0 Å². The third-order valence-electron chi connectivity index (χ3n) is 4.11. The van der Waals surface area contributed by atoms with E-state index in [-0.39, 0.29) is 11.8 Å². The highest BCUT2D eigenvalue weighted by atomic mass is 16.2. The summed E-state index contributed by atoms with van der Waals surface area (Å²) >= 11 is 0. The van der Waals surface area contributed by atoms with Crippen molar-refractivity contribution in [1.29, 1.82) is 0 Å². The molecule has 1 aliphatic heterocycles. The Labute approximate surface area is 142 Å². The summed E-state index contributed by atoms with van der Waals surface area (Å²) in [5, 5.41) is 4.53. The monoisotopic (exact) mass is 322 g/mol. The van der Waals surface area contributed by atoms with Crippen LogP contribution in [0.2, 0.25) is 0 Å². The lowest BCUT2D eigenvalue weighted by Gasteiger charge is -2.25. The minimum Gasteiger partial charge on any atom is -0.388 e. The highest BCUT2D eigenvalue weighted by Gasteiger charge is 2.31. The van der Waals surface area contributed by atoms with Crippen LogP contribution in [0.4, 0.5) is 0 Å². The fourth-order valence-corrected chi connectivity index (χ4v) is 2.89. The van der Waals surface area contributed by atoms with Crippen molar-refractivity contribution in [2.24, 2.45) is 0 Å². The molecule has 1 heterocycles. The Morgan fingerprint density at radius 2 is 1.58 bits per heavy atom. The number of hydrogen-bond acceptors (Lipinski definition) is 3. The van der Waals surface area contributed by atoms with Crippen LogP contribution < -0.4 is 5.32 Å². The normalized spacial score (nSPS) is 12.6. The molecule has 2 amide bonds. The van der Waals surface area contributed by atoms with Gasteiger partial charge in [-0.1, -0.05) is 45.2 Å². The maximum Gasteiger partial charge on any atom is 0.261 e. The number of benzene rings is 2. The number of carbonyl (C=O) groups is 2. The van der Waals surface area contributed by atoms with Crippen LogP contribution in [0, 0.1) is 0 Å². The van der Waals surface area contributed by atoms with Crippen molar-refractivity contribution in [3.63, 3.8) is 0 Å². The molecule has 0 aliphatic carbocycles. The van der Waals surface area contributed by atoms with Gasteiger partial charge in [-0.25, -0.2) is 0 Å². The highest BCUT2D eigenvalue weighted by Crippen LogP contribution is 2.36. The molecule has 0 aromatic heterocycles. The second-order valence-electron chi connectivity index (χ2n) is 5.22. The molecule has 3 rings (SSSR count). The van der Waals surface area contributed by atoms with Gasteiger partial charge < -0.3 is 5.32 Å². The minimum atomic E-state index is -0.287. The summed E-state index contributed by atoms with van der Waals surface area (Å²) in [5.74, 6) is -0.573. The first-order chi connectivity index (χ1) is 11.5. The van der Waals surface area contributed by atoms with Gasteiger partial charge in [0.15, 0.2) is 0 Å². The van der Waals surface area contributed by atoms with Crippen LogP contribution >= 0.6 is 0 Å². The molecule has 0 bridgehead atoms. The minimum absolute atomic E-state index is 0.287. The van der Waals surface area contributed by atoms with Gasteiger partial charge in [0.25, 0.3) is 11.8 Å². The third kappa shape index (κ3) is 2.40. The number of nitrogens with zero attached hydrogens (tertiary/aromatic N) is 1. The SMILES string of the molecule is C=Cc1ccc2c3c(ccc(C(=C)NC)c13)C(=O)N(C)C2=O.CC. The Morgan fingerprint density at radius 1 is 1.04 bits per heavy atom. The first-order valence-electron chi connectivity index (χ1n) is 7.92. The molecular formula is C20H22N2O2. The number of hydrogen-bond donors (Lipinski definition) is 1. The fourth-order valence-electron chi connectivity index (χ4n) is 2.89. The first kappa shape index (κ1) is 17.5. The predicted molar refractivity (Wildman–Crippen MR) is 99.9 cm³/mol. The van der Waals surface area contributed by atoms with Crippen LogP contribution in [0.5, 0.6) is 0 Å². The molecule has 0 atom stereocenters. The van der Waals surface area contributed by atoms with Gasteiger partial charge in [-0.15, -0.1) is 0 Å². The van der Waals surface area contributed by atoms with Crippen LogP contribution in [0.15, 0.2) is 37.4 Å². The van der Waals surface area contributed by atoms with Crippen molar-refractivity contribution in [2.45, 2.75) is 13.8 Å². The molecule has 0 saturated heterocycles. The number of imide groups is 1. The molecule has 1 aliphatic rings. The molecule has 2 aromatic rings. The standard InChI is InChI=1S/C18H16N2O2.C2H6/c1-5-11-6-7-13-16-14(18(22)20(4)17(13)21)9-8-12(15(11)16)10(2)19-3;1-2/h5-9,19H,1-2H2,3-4H3;1-2H3. The number of amides is 2. The second-order valence-corrected chi connectivity index (χ2v) is 5.22. The molecule has 24 heavy (non-hydrogen) atoms. The van der Waals surface area contributed by atoms with Crippen molar-refractivity contribution < 1.29 is 9.59 Å². The molecule has 1 N–H and O–H groups in total. The van der Waals surface area contributed by atoms with Crippen molar-refractivity contribution in [1.82, 2.24) is 10.2 Å². The lowest BCUT2D eigenvalue weighted by Crippen LogP contribution is -2.37. The summed E-state index contributed by atoms with van der Waals surface area (Å²) in [6.45, 7) is 11.8. The molecule has 4 nitrogen and oxygen atoms in total. The average molecular weight is 322 g/mol. The molecule has 4 heteroatoms. The van der Waals surface area contributed by atoms with Gasteiger partial charge in [0.1, 0.15) is 0 Å². The Balaban J connectivity index is 0.00000100. The van der Waals surface area contributed by atoms with E-state index in [1.54, 1.807) is 25.3 Å². The topological polar surface area (TPSA) is 49.4 Å². The van der Waals surface area contributed by atoms with E-state index in [0.29, 0.717) is 16.5 Å². The van der Waals surface area contributed by atoms with E-state index in [2.05, 4.69) is 18.5 Å². The van der Waals surface area contributed by atoms with Gasteiger partial charge in [0.05, 0.1) is 0 Å². The summed E-state index contributed by atoms with van der Waals surface area (Å²) in [6.07, 6.45) is 1.72. The summed E-state index contributed by atoms with van der Waals surface area (Å²) in [6, 6.07) is 7.21. The van der Waals surface area contributed by atoms with E-state index in [9.17, 15) is 9.59 Å². The van der Waals surface area contributed by atoms with Crippen molar-refractivity contribution >= 4 is 34.4 Å². The zero-order valence-corrected chi connectivity index (χ0v) is 14.6. The quantitative estimate of drug-likeness (QED) is 0.871. The van der Waals surface area contributed by atoms with Gasteiger partial charge in [-0.2, -0.15) is 0 Å². The van der Waals surface area contributed by atoms with Crippen molar-refractivity contribution in [2.75, 3.05) is 14.1 Å². The smallest absolute Gasteiger partial charge is 0.261 e. The zero-order valence-electron chi connectivity index (χ0n) is 14.6. The van der Waals surface area contributed by atoms with Crippen LogP contribution in [0.1, 0.15) is 45.7 Å². The average Bonchev–Trinajstić information content (AvgIpc) is 2.64. The van der Waals surface area contributed by atoms with Crippen LogP contribution in [0.3, 0.4) is 0 Å². The van der Waals surface area contributed by atoms with Gasteiger partial charge in [0, 0.05) is 41.9 Å². The largest absolute Gasteiger partial charge is 0.388 e. The van der Waals surface area contributed by atoms with E-state index >= 15 is 0 Å². The summed E-state index contributed by atoms with van der Waals surface area (Å²) in [5.41, 5.74) is 3.53. The van der Waals surface area contributed by atoms with E-state index in [1.807, 2.05) is 26.0 Å². The van der Waals surface area contributed by atoms with Gasteiger partial charge in [-0.3, -0.25) is 14.5 Å². The maximum atomic E-state index is 12.4. The third-order valence-corrected chi connectivity index (χ3v) is 4.11.